The number of urea groups is 1. The Morgan fingerprint density at radius 3 is 2.52 bits per heavy atom. The summed E-state index contributed by atoms with van der Waals surface area (Å²) in [6.45, 7) is 2.13. The van der Waals surface area contributed by atoms with Crippen LogP contribution in [-0.2, 0) is 6.54 Å². The molecule has 0 aliphatic heterocycles. The van der Waals surface area contributed by atoms with Gasteiger partial charge in [0.05, 0.1) is 12.8 Å². The molecule has 8 nitrogen and oxygen atoms in total. The van der Waals surface area contributed by atoms with Crippen LogP contribution < -0.4 is 20.1 Å². The number of nitrogens with one attached hydrogen (secondary N) is 2. The predicted octanol–water partition coefficient (Wildman–Crippen LogP) is 4.86. The number of pyridine rings is 1. The summed E-state index contributed by atoms with van der Waals surface area (Å²) in [5, 5.41) is 15.0. The lowest BCUT2D eigenvalue weighted by Gasteiger charge is -2.13. The summed E-state index contributed by atoms with van der Waals surface area (Å²) in [6, 6.07) is 12.9. The number of carbonyl (C=O) groups excluding carboxylic acids is 1. The van der Waals surface area contributed by atoms with Gasteiger partial charge in [-0.1, -0.05) is 23.7 Å². The molecule has 160 valence electrons. The summed E-state index contributed by atoms with van der Waals surface area (Å²) >= 11 is 6.12. The zero-order chi connectivity index (χ0) is 22.4. The monoisotopic (exact) mass is 441 g/mol. The smallest absolute Gasteiger partial charge is 0.354 e. The standard InChI is InChI=1S/C22H20ClN3O5/c1-13-9-20(30-2)18(11-17(13)23)26-22(29)25-12-14-3-5-15(6-4-14)31-16-7-8-24-19(10-16)21(27)28/h3-11H,12H2,1-2H3,(H,27,28)(H2,25,26,29). The SMILES string of the molecule is COc1cc(C)c(Cl)cc1NC(=O)NCc1ccc(Oc2ccnc(C(=O)O)c2)cc1. The molecular weight excluding hydrogens is 422 g/mol. The molecule has 0 atom stereocenters. The number of anilines is 1. The van der Waals surface area contributed by atoms with Gasteiger partial charge in [0.15, 0.2) is 5.69 Å². The molecule has 31 heavy (non-hydrogen) atoms. The van der Waals surface area contributed by atoms with E-state index in [4.69, 9.17) is 26.2 Å². The molecule has 0 aliphatic carbocycles. The average molecular weight is 442 g/mol. The number of aromatic carboxylic acids is 1. The Morgan fingerprint density at radius 1 is 1.10 bits per heavy atom. The van der Waals surface area contributed by atoms with E-state index >= 15 is 0 Å². The Morgan fingerprint density at radius 2 is 1.84 bits per heavy atom. The molecule has 0 unspecified atom stereocenters. The highest BCUT2D eigenvalue weighted by molar-refractivity contribution is 6.31. The maximum Gasteiger partial charge on any atom is 0.354 e. The lowest BCUT2D eigenvalue weighted by atomic mass is 10.2. The second-order valence-electron chi connectivity index (χ2n) is 6.54. The van der Waals surface area contributed by atoms with E-state index in [1.807, 2.05) is 6.92 Å². The second kappa shape index (κ2) is 9.82. The van der Waals surface area contributed by atoms with Gasteiger partial charge in [0, 0.05) is 23.8 Å². The highest BCUT2D eigenvalue weighted by Gasteiger charge is 2.11. The summed E-state index contributed by atoms with van der Waals surface area (Å²) in [5.41, 5.74) is 2.06. The highest BCUT2D eigenvalue weighted by atomic mass is 35.5. The third kappa shape index (κ3) is 5.86. The van der Waals surface area contributed by atoms with Crippen LogP contribution in [-0.4, -0.2) is 29.2 Å². The summed E-state index contributed by atoms with van der Waals surface area (Å²) in [7, 11) is 1.52. The number of halogens is 1. The number of carboxylic acid groups (broad SMARTS) is 1. The molecule has 0 saturated carbocycles. The number of hydrogen-bond donors (Lipinski definition) is 3. The van der Waals surface area contributed by atoms with E-state index < -0.39 is 12.0 Å². The van der Waals surface area contributed by atoms with Crippen molar-refractivity contribution in [3.8, 4) is 17.2 Å². The lowest BCUT2D eigenvalue weighted by Crippen LogP contribution is -2.28. The van der Waals surface area contributed by atoms with E-state index in [0.717, 1.165) is 11.1 Å². The summed E-state index contributed by atoms with van der Waals surface area (Å²) in [4.78, 5) is 27.0. The third-order valence-corrected chi connectivity index (χ3v) is 4.70. The van der Waals surface area contributed by atoms with Crippen molar-refractivity contribution in [2.45, 2.75) is 13.5 Å². The van der Waals surface area contributed by atoms with Crippen LogP contribution in [0.3, 0.4) is 0 Å². The second-order valence-corrected chi connectivity index (χ2v) is 6.94. The molecule has 3 N–H and O–H groups in total. The minimum atomic E-state index is -1.13. The van der Waals surface area contributed by atoms with Crippen LogP contribution in [0.1, 0.15) is 21.6 Å². The molecule has 3 aromatic rings. The van der Waals surface area contributed by atoms with Crippen LogP contribution in [0.2, 0.25) is 5.02 Å². The normalized spacial score (nSPS) is 10.3. The minimum absolute atomic E-state index is 0.101. The Hall–Kier alpha value is -3.78. The summed E-state index contributed by atoms with van der Waals surface area (Å²) in [6.07, 6.45) is 1.37. The van der Waals surface area contributed by atoms with E-state index in [-0.39, 0.29) is 12.2 Å². The van der Waals surface area contributed by atoms with Gasteiger partial charge in [0.25, 0.3) is 0 Å². The zero-order valence-electron chi connectivity index (χ0n) is 16.8. The molecular formula is C22H20ClN3O5. The van der Waals surface area contributed by atoms with Crippen molar-refractivity contribution in [3.05, 3.63) is 76.6 Å². The molecule has 9 heteroatoms. The molecule has 2 amide bonds. The van der Waals surface area contributed by atoms with Gasteiger partial charge >= 0.3 is 12.0 Å². The van der Waals surface area contributed by atoms with Gasteiger partial charge in [-0.25, -0.2) is 14.6 Å². The average Bonchev–Trinajstić information content (AvgIpc) is 2.76. The van der Waals surface area contributed by atoms with Crippen molar-refractivity contribution in [3.63, 3.8) is 0 Å². The maximum absolute atomic E-state index is 12.2. The van der Waals surface area contributed by atoms with Crippen molar-refractivity contribution in [1.82, 2.24) is 10.3 Å². The topological polar surface area (TPSA) is 110 Å². The first-order chi connectivity index (χ1) is 14.9. The molecule has 0 fully saturated rings. The van der Waals surface area contributed by atoms with Gasteiger partial charge in [-0.2, -0.15) is 0 Å². The molecule has 0 radical (unpaired) electrons. The number of methoxy groups -OCH3 is 1. The van der Waals surface area contributed by atoms with E-state index in [2.05, 4.69) is 15.6 Å². The van der Waals surface area contributed by atoms with E-state index in [1.165, 1.54) is 19.4 Å². The van der Waals surface area contributed by atoms with Crippen molar-refractivity contribution < 1.29 is 24.2 Å². The summed E-state index contributed by atoms with van der Waals surface area (Å²) in [5.74, 6) is 0.273. The number of carboxylic acids is 1. The first kappa shape index (κ1) is 21.9. The first-order valence-electron chi connectivity index (χ1n) is 9.21. The number of nitrogens with zero attached hydrogens (tertiary/aromatic N) is 1. The number of benzene rings is 2. The number of rotatable bonds is 7. The molecule has 2 aromatic carbocycles. The lowest BCUT2D eigenvalue weighted by molar-refractivity contribution is 0.0690. The third-order valence-electron chi connectivity index (χ3n) is 4.29. The molecule has 0 aliphatic rings. The quantitative estimate of drug-likeness (QED) is 0.482. The predicted molar refractivity (Wildman–Crippen MR) is 116 cm³/mol. The number of aromatic nitrogens is 1. The van der Waals surface area contributed by atoms with Gasteiger partial charge in [0.1, 0.15) is 17.2 Å². The number of ether oxygens (including phenoxy) is 2. The maximum atomic E-state index is 12.2. The van der Waals surface area contributed by atoms with E-state index in [0.29, 0.717) is 28.0 Å². The zero-order valence-corrected chi connectivity index (χ0v) is 17.6. The highest BCUT2D eigenvalue weighted by Crippen LogP contribution is 2.30. The Labute approximate surface area is 183 Å². The Balaban J connectivity index is 1.57. The van der Waals surface area contributed by atoms with Crippen LogP contribution in [0.5, 0.6) is 17.2 Å². The number of amides is 2. The number of carbonyl (C=O) groups is 2. The largest absolute Gasteiger partial charge is 0.495 e. The van der Waals surface area contributed by atoms with Gasteiger partial charge in [-0.15, -0.1) is 0 Å². The molecule has 3 rings (SSSR count). The molecule has 1 aromatic heterocycles. The first-order valence-corrected chi connectivity index (χ1v) is 9.58. The fourth-order valence-corrected chi connectivity index (χ4v) is 2.84. The fraction of sp³-hybridized carbons (Fsp3) is 0.136. The van der Waals surface area contributed by atoms with Gasteiger partial charge in [0.2, 0.25) is 0 Å². The van der Waals surface area contributed by atoms with Gasteiger partial charge < -0.3 is 25.2 Å². The van der Waals surface area contributed by atoms with Crippen molar-refractivity contribution >= 4 is 29.3 Å². The fourth-order valence-electron chi connectivity index (χ4n) is 2.67. The Kier molecular flexibility index (Phi) is 6.94. The molecule has 0 spiro atoms. The minimum Gasteiger partial charge on any atom is -0.495 e. The number of hydrogen-bond acceptors (Lipinski definition) is 5. The van der Waals surface area contributed by atoms with Crippen LogP contribution in [0, 0.1) is 6.92 Å². The van der Waals surface area contributed by atoms with E-state index in [9.17, 15) is 9.59 Å². The molecule has 0 bridgehead atoms. The van der Waals surface area contributed by atoms with Crippen molar-refractivity contribution in [2.75, 3.05) is 12.4 Å². The van der Waals surface area contributed by atoms with Crippen LogP contribution >= 0.6 is 11.6 Å². The van der Waals surface area contributed by atoms with E-state index in [1.54, 1.807) is 42.5 Å². The van der Waals surface area contributed by atoms with Crippen LogP contribution in [0.15, 0.2) is 54.7 Å². The van der Waals surface area contributed by atoms with Crippen molar-refractivity contribution in [1.29, 1.82) is 0 Å². The van der Waals surface area contributed by atoms with Crippen LogP contribution in [0.25, 0.3) is 0 Å². The number of aryl methyl sites for hydroxylation is 1. The Bertz CT molecular complexity index is 1100. The van der Waals surface area contributed by atoms with Gasteiger partial charge in [-0.05, 0) is 48.4 Å². The van der Waals surface area contributed by atoms with Gasteiger partial charge in [-0.3, -0.25) is 0 Å². The summed E-state index contributed by atoms with van der Waals surface area (Å²) < 4.78 is 10.9. The van der Waals surface area contributed by atoms with Crippen molar-refractivity contribution in [2.24, 2.45) is 0 Å². The molecule has 1 heterocycles. The van der Waals surface area contributed by atoms with Crippen LogP contribution in [0.4, 0.5) is 10.5 Å². The molecule has 0 saturated heterocycles.